The molecule has 0 radical (unpaired) electrons. The number of hydrogen-bond acceptors (Lipinski definition) is 2. The summed E-state index contributed by atoms with van der Waals surface area (Å²) in [6.07, 6.45) is 0. The second-order valence-corrected chi connectivity index (χ2v) is 3.08. The number of rotatable bonds is 2. The van der Waals surface area contributed by atoms with Crippen molar-refractivity contribution in [1.82, 2.24) is 0 Å². The average molecular weight is 234 g/mol. The molecule has 0 aliphatic carbocycles. The third-order valence-electron chi connectivity index (χ3n) is 1.63. The number of nitriles is 1. The molecular formula is C9H3ClF3NO. The topological polar surface area (TPSA) is 40.9 Å². The summed E-state index contributed by atoms with van der Waals surface area (Å²) >= 11 is 4.48. The largest absolute Gasteiger partial charge is 0.384 e. The Labute approximate surface area is 87.9 Å². The van der Waals surface area contributed by atoms with Crippen LogP contribution in [0.5, 0.6) is 0 Å². The van der Waals surface area contributed by atoms with Gasteiger partial charge in [0.25, 0.3) is 0 Å². The van der Waals surface area contributed by atoms with E-state index in [9.17, 15) is 18.0 Å². The summed E-state index contributed by atoms with van der Waals surface area (Å²) in [5.41, 5.74) is -1.46. The zero-order valence-electron chi connectivity index (χ0n) is 7.10. The van der Waals surface area contributed by atoms with Gasteiger partial charge in [-0.3, -0.25) is 4.79 Å². The molecule has 1 aromatic rings. The van der Waals surface area contributed by atoms with E-state index < -0.39 is 28.1 Å². The molecule has 0 N–H and O–H groups in total. The van der Waals surface area contributed by atoms with Crippen molar-refractivity contribution < 1.29 is 18.0 Å². The van der Waals surface area contributed by atoms with Crippen molar-refractivity contribution in [2.45, 2.75) is 5.38 Å². The summed E-state index contributed by atoms with van der Waals surface area (Å²) in [4.78, 5) is 11.0. The summed E-state index contributed by atoms with van der Waals surface area (Å²) in [5.74, 6) is -2.83. The van der Waals surface area contributed by atoms with E-state index in [1.807, 2.05) is 0 Å². The van der Waals surface area contributed by atoms with Crippen molar-refractivity contribution in [3.63, 3.8) is 0 Å². The quantitative estimate of drug-likeness (QED) is 0.582. The highest BCUT2D eigenvalue weighted by atomic mass is 35.5. The van der Waals surface area contributed by atoms with Crippen LogP contribution in [-0.4, -0.2) is 11.2 Å². The molecular weight excluding hydrogens is 231 g/mol. The standard InChI is InChI=1S/C9H3ClF3NO/c10-9(12,13)8(15)5-2-1-3-7(11)6(5)4-14/h1-3H. The van der Waals surface area contributed by atoms with Gasteiger partial charge in [-0.25, -0.2) is 4.39 Å². The minimum Gasteiger partial charge on any atom is -0.286 e. The minimum absolute atomic E-state index is 0.725. The highest BCUT2D eigenvalue weighted by Crippen LogP contribution is 2.26. The number of benzene rings is 1. The van der Waals surface area contributed by atoms with Crippen molar-refractivity contribution >= 4 is 17.4 Å². The van der Waals surface area contributed by atoms with Gasteiger partial charge in [0.15, 0.2) is 0 Å². The van der Waals surface area contributed by atoms with Crippen LogP contribution in [0.1, 0.15) is 15.9 Å². The fraction of sp³-hybridized carbons (Fsp3) is 0.111. The lowest BCUT2D eigenvalue weighted by atomic mass is 10.0. The number of carbonyl (C=O) groups is 1. The lowest BCUT2D eigenvalue weighted by Gasteiger charge is -2.07. The van der Waals surface area contributed by atoms with E-state index in [2.05, 4.69) is 11.6 Å². The molecule has 0 saturated carbocycles. The summed E-state index contributed by atoms with van der Waals surface area (Å²) in [6, 6.07) is 4.18. The molecule has 0 heterocycles. The van der Waals surface area contributed by atoms with Crippen LogP contribution in [0, 0.1) is 17.1 Å². The third kappa shape index (κ3) is 2.28. The summed E-state index contributed by atoms with van der Waals surface area (Å²) < 4.78 is 37.8. The first kappa shape index (κ1) is 11.5. The van der Waals surface area contributed by atoms with Gasteiger partial charge in [0.2, 0.25) is 5.78 Å². The maximum Gasteiger partial charge on any atom is 0.384 e. The Morgan fingerprint density at radius 2 is 2.07 bits per heavy atom. The van der Waals surface area contributed by atoms with E-state index in [1.165, 1.54) is 6.07 Å². The molecule has 0 aromatic heterocycles. The highest BCUT2D eigenvalue weighted by Gasteiger charge is 2.38. The molecule has 6 heteroatoms. The number of nitrogens with zero attached hydrogens (tertiary/aromatic N) is 1. The minimum atomic E-state index is -4.14. The molecule has 1 aromatic carbocycles. The third-order valence-corrected chi connectivity index (χ3v) is 1.80. The zero-order chi connectivity index (χ0) is 11.6. The smallest absolute Gasteiger partial charge is 0.286 e. The van der Waals surface area contributed by atoms with E-state index in [1.54, 1.807) is 0 Å². The Hall–Kier alpha value is -1.54. The van der Waals surface area contributed by atoms with Gasteiger partial charge in [-0.1, -0.05) is 6.07 Å². The van der Waals surface area contributed by atoms with Gasteiger partial charge in [0.05, 0.1) is 5.56 Å². The lowest BCUT2D eigenvalue weighted by molar-refractivity contribution is 0.0535. The fourth-order valence-corrected chi connectivity index (χ4v) is 1.08. The van der Waals surface area contributed by atoms with Crippen molar-refractivity contribution in [2.75, 3.05) is 0 Å². The number of halogens is 4. The second-order valence-electron chi connectivity index (χ2n) is 2.60. The summed E-state index contributed by atoms with van der Waals surface area (Å²) in [6.45, 7) is 0. The lowest BCUT2D eigenvalue weighted by Crippen LogP contribution is -2.22. The molecule has 0 saturated heterocycles. The summed E-state index contributed by atoms with van der Waals surface area (Å²) in [7, 11) is 0. The molecule has 78 valence electrons. The molecule has 0 fully saturated rings. The van der Waals surface area contributed by atoms with Crippen LogP contribution in [0.2, 0.25) is 0 Å². The number of carbonyl (C=O) groups excluding carboxylic acids is 1. The van der Waals surface area contributed by atoms with E-state index >= 15 is 0 Å². The van der Waals surface area contributed by atoms with Crippen LogP contribution in [0.3, 0.4) is 0 Å². The van der Waals surface area contributed by atoms with E-state index in [4.69, 9.17) is 5.26 Å². The van der Waals surface area contributed by atoms with Crippen molar-refractivity contribution in [3.05, 3.63) is 35.1 Å². The van der Waals surface area contributed by atoms with Gasteiger partial charge in [-0.2, -0.15) is 14.0 Å². The number of ketones is 1. The highest BCUT2D eigenvalue weighted by molar-refractivity contribution is 6.35. The Bertz CT molecular complexity index is 448. The second kappa shape index (κ2) is 3.91. The molecule has 2 nitrogen and oxygen atoms in total. The first-order chi connectivity index (χ1) is 6.88. The SMILES string of the molecule is N#Cc1c(F)cccc1C(=O)C(F)(F)Cl. The predicted octanol–water partition coefficient (Wildman–Crippen LogP) is 2.71. The first-order valence-electron chi connectivity index (χ1n) is 3.68. The molecule has 0 spiro atoms. The van der Waals surface area contributed by atoms with Crippen LogP contribution >= 0.6 is 11.6 Å². The van der Waals surface area contributed by atoms with Gasteiger partial charge in [0, 0.05) is 5.56 Å². The predicted molar refractivity (Wildman–Crippen MR) is 46.2 cm³/mol. The van der Waals surface area contributed by atoms with Crippen molar-refractivity contribution in [3.8, 4) is 6.07 Å². The van der Waals surface area contributed by atoms with Gasteiger partial charge < -0.3 is 0 Å². The molecule has 0 amide bonds. The normalized spacial score (nSPS) is 10.9. The Morgan fingerprint density at radius 3 is 2.53 bits per heavy atom. The Morgan fingerprint density at radius 1 is 1.47 bits per heavy atom. The monoisotopic (exact) mass is 233 g/mol. The maximum atomic E-state index is 12.9. The van der Waals surface area contributed by atoms with Crippen LogP contribution < -0.4 is 0 Å². The molecule has 0 aliphatic heterocycles. The van der Waals surface area contributed by atoms with Crippen LogP contribution in [-0.2, 0) is 0 Å². The fourth-order valence-electron chi connectivity index (χ4n) is 0.980. The van der Waals surface area contributed by atoms with Crippen molar-refractivity contribution in [1.29, 1.82) is 5.26 Å². The van der Waals surface area contributed by atoms with Gasteiger partial charge >= 0.3 is 5.38 Å². The van der Waals surface area contributed by atoms with E-state index in [-0.39, 0.29) is 0 Å². The Balaban J connectivity index is 3.34. The number of hydrogen-bond donors (Lipinski definition) is 0. The van der Waals surface area contributed by atoms with Crippen LogP contribution in [0.25, 0.3) is 0 Å². The number of alkyl halides is 3. The molecule has 15 heavy (non-hydrogen) atoms. The van der Waals surface area contributed by atoms with Gasteiger partial charge in [0.1, 0.15) is 11.9 Å². The average Bonchev–Trinajstić information content (AvgIpc) is 2.14. The molecule has 0 unspecified atom stereocenters. The zero-order valence-corrected chi connectivity index (χ0v) is 7.86. The first-order valence-corrected chi connectivity index (χ1v) is 4.06. The van der Waals surface area contributed by atoms with E-state index in [0.29, 0.717) is 0 Å². The molecule has 0 bridgehead atoms. The van der Waals surface area contributed by atoms with Crippen molar-refractivity contribution in [2.24, 2.45) is 0 Å². The maximum absolute atomic E-state index is 12.9. The van der Waals surface area contributed by atoms with Crippen LogP contribution in [0.15, 0.2) is 18.2 Å². The molecule has 0 atom stereocenters. The molecule has 1 rings (SSSR count). The number of Topliss-reactive ketones (excluding diaryl/α,β-unsaturated/α-hetero) is 1. The summed E-state index contributed by atoms with van der Waals surface area (Å²) in [5, 5.41) is 4.34. The van der Waals surface area contributed by atoms with Crippen LogP contribution in [0.4, 0.5) is 13.2 Å². The van der Waals surface area contributed by atoms with E-state index in [0.717, 1.165) is 18.2 Å². The van der Waals surface area contributed by atoms with Gasteiger partial charge in [-0.05, 0) is 23.7 Å². The Kier molecular flexibility index (Phi) is 3.01. The molecule has 0 aliphatic rings. The van der Waals surface area contributed by atoms with Gasteiger partial charge in [-0.15, -0.1) is 0 Å².